The van der Waals surface area contributed by atoms with Crippen molar-refractivity contribution >= 4 is 80.8 Å². The standard InChI is InChI=1S/C22H22N9O2.C18H18N5O2.C17H15N5O3.C14H15N5O.C14H12N4.C13H12BrN3/c32-21(30-6-5-18-20(11-30)27-29-26-18)13-31-12-19(28-33-31)16-9-23-22(24-10-16)25-17-7-14-3-1-2-4-15(14)8-17;1-12(24)10-23-11-17(22-25-23)15-8-19-18(20-9-15)21-16-6-13-4-2-3-5-14(13)7-16;23-16(24)10-22-9-15(21-25-22)13-7-18-17(19-8-13)20-14-5-11-3-1-2-4-12(11)6-14;15-13(19-20)11-7-16-14(17-8-11)18-12-5-9-3-1-2-4-10(9)6-12;1-15-13-8-16-14(17-9-13)18-12-6-10-4-2-3-5-11(10)7-12;14-11-7-15-13(16-8-11)17-12-5-9-3-1-2-4-10(9)6-12/h1-4,9-10,12,17H,5-8,11,13H2,(H,23,24,25)(H,26,27,29);2-5,8-9,11,16H,6-7,10H2,1H3,(H,19,20,21);1-4,7-9,14H,5-6,10H2,(H-,18,19,20,21,23,24);1-4,7-8,12,20H,5-6H2,(H2,15,19)(H,16,17,18);2-5,8-9,12H,6-7H2,(H,16,17,18);1-4,7-8,12H,5-6H2,(H,15,16,17)/q2*+1;;;;/p+1. The molecule has 138 heavy (non-hydrogen) atoms. The SMILES string of the molecule is Brc1cnc(NC2Cc3ccccc3C2)nc1.CC(=O)C[n+]1cc(-c2cnc(NC3Cc4ccccc4C3)nc2)no1.N/C(=N\O)c1cnc(NC2Cc3ccccc3C2)nc1.O=C(C[n+]1cc(-c2cnc(NC3Cc4ccccc4C3)nc2)no1)N1CCc2n[nH]nc2C1.O=C(O)C[n+]1cc(-c2cnc(NC3Cc4ccccc4C3)nc2)no1.[C-]#[N+]c1cnc(NC2Cc3ccccc3C2)nc1. The molecule has 16 aromatic rings. The van der Waals surface area contributed by atoms with Gasteiger partial charge in [0.1, 0.15) is 5.69 Å². The van der Waals surface area contributed by atoms with Crippen LogP contribution in [0.15, 0.2) is 262 Å². The van der Waals surface area contributed by atoms with Gasteiger partial charge in [-0.2, -0.15) is 15.4 Å². The number of ketones is 1. The lowest BCUT2D eigenvalue weighted by atomic mass is 10.1. The Morgan fingerprint density at radius 3 is 0.993 bits per heavy atom. The highest BCUT2D eigenvalue weighted by atomic mass is 79.9. The fraction of sp³-hybridized carbons (Fsp3) is 0.255. The van der Waals surface area contributed by atoms with Crippen molar-refractivity contribution in [1.29, 1.82) is 0 Å². The minimum absolute atomic E-state index is 0.000979. The molecule has 694 valence electrons. The molecule has 0 saturated heterocycles. The first-order valence-corrected chi connectivity index (χ1v) is 45.7. The molecular formula is C98H95BrN31O8+3. The van der Waals surface area contributed by atoms with E-state index in [1.807, 2.05) is 0 Å². The second kappa shape index (κ2) is 43.4. The van der Waals surface area contributed by atoms with Crippen molar-refractivity contribution in [3.05, 3.63) is 338 Å². The summed E-state index contributed by atoms with van der Waals surface area (Å²) >= 11 is 3.33. The quantitative estimate of drug-likeness (QED) is 0.00753. The number of aromatic nitrogens is 21. The molecule has 0 bridgehead atoms. The van der Waals surface area contributed by atoms with Crippen LogP contribution in [0, 0.1) is 6.57 Å². The Bertz CT molecular complexity index is 6680. The highest BCUT2D eigenvalue weighted by molar-refractivity contribution is 9.10. The van der Waals surface area contributed by atoms with Gasteiger partial charge < -0.3 is 52.8 Å². The Hall–Kier alpha value is -17.0. The van der Waals surface area contributed by atoms with E-state index in [2.05, 4.69) is 294 Å². The van der Waals surface area contributed by atoms with Crippen molar-refractivity contribution < 1.29 is 52.8 Å². The fourth-order valence-electron chi connectivity index (χ4n) is 17.4. The summed E-state index contributed by atoms with van der Waals surface area (Å²) in [5.74, 6) is 2.53. The number of hydrogen-bond donors (Lipinski definition) is 10. The molecule has 10 aromatic heterocycles. The Morgan fingerprint density at radius 1 is 0.428 bits per heavy atom. The van der Waals surface area contributed by atoms with Crippen LogP contribution in [0.2, 0.25) is 0 Å². The summed E-state index contributed by atoms with van der Waals surface area (Å²) in [6, 6.07) is 52.8. The molecule has 0 unspecified atom stereocenters. The summed E-state index contributed by atoms with van der Waals surface area (Å²) in [5.41, 5.74) is 28.6. The van der Waals surface area contributed by atoms with E-state index in [-0.39, 0.29) is 49.2 Å². The molecule has 6 aliphatic carbocycles. The predicted octanol–water partition coefficient (Wildman–Crippen LogP) is 9.95. The molecule has 6 aromatic carbocycles. The smallest absolute Gasteiger partial charge is 0.350 e. The first kappa shape index (κ1) is 91.5. The third-order valence-electron chi connectivity index (χ3n) is 24.1. The molecular weight excluding hydrogens is 1820 g/mol. The van der Waals surface area contributed by atoms with Gasteiger partial charge >= 0.3 is 5.97 Å². The summed E-state index contributed by atoms with van der Waals surface area (Å²) in [6.45, 7) is 9.34. The second-order valence-electron chi connectivity index (χ2n) is 34.0. The summed E-state index contributed by atoms with van der Waals surface area (Å²) in [6.07, 6.45) is 37.2. The van der Waals surface area contributed by atoms with Crippen molar-refractivity contribution in [2.24, 2.45) is 10.9 Å². The van der Waals surface area contributed by atoms with Gasteiger partial charge in [-0.25, -0.2) is 69.4 Å². The number of halogens is 1. The van der Waals surface area contributed by atoms with Gasteiger partial charge in [-0.05, 0) is 167 Å². The Balaban J connectivity index is 0.000000112. The lowest BCUT2D eigenvalue weighted by Gasteiger charge is -2.24. The van der Waals surface area contributed by atoms with Gasteiger partial charge in [0, 0.05) is 124 Å². The molecule has 0 fully saturated rings. The van der Waals surface area contributed by atoms with Gasteiger partial charge in [-0.15, -0.1) is 0 Å². The van der Waals surface area contributed by atoms with E-state index >= 15 is 0 Å². The molecule has 0 atom stereocenters. The van der Waals surface area contributed by atoms with Gasteiger partial charge in [0.05, 0.1) is 45.5 Å². The second-order valence-corrected chi connectivity index (χ2v) is 35.0. The number of benzene rings is 6. The lowest BCUT2D eigenvalue weighted by molar-refractivity contribution is -0.863. The number of nitrogens with two attached hydrogens (primary N) is 1. The number of oxime groups is 1. The molecule has 7 aliphatic rings. The van der Waals surface area contributed by atoms with Crippen LogP contribution in [0.3, 0.4) is 0 Å². The number of rotatable bonds is 22. The number of nitrogens with zero attached hydrogens (tertiary/aromatic N) is 23. The molecule has 0 radical (unpaired) electrons. The van der Waals surface area contributed by atoms with Crippen molar-refractivity contribution in [2.45, 2.75) is 153 Å². The van der Waals surface area contributed by atoms with Crippen LogP contribution in [0.4, 0.5) is 41.4 Å². The van der Waals surface area contributed by atoms with Crippen LogP contribution < -0.4 is 51.9 Å². The van der Waals surface area contributed by atoms with E-state index in [4.69, 9.17) is 36.5 Å². The number of carboxylic acids is 1. The van der Waals surface area contributed by atoms with E-state index < -0.39 is 5.97 Å². The molecule has 0 spiro atoms. The van der Waals surface area contributed by atoms with Crippen LogP contribution in [-0.2, 0) is 124 Å². The third kappa shape index (κ3) is 24.0. The maximum absolute atomic E-state index is 12.7. The van der Waals surface area contributed by atoms with E-state index in [1.54, 1.807) is 79.3 Å². The first-order valence-electron chi connectivity index (χ1n) is 44.9. The number of carboxylic acid groups (broad SMARTS) is 1. The van der Waals surface area contributed by atoms with Crippen LogP contribution in [0.1, 0.15) is 90.6 Å². The van der Waals surface area contributed by atoms with Crippen molar-refractivity contribution in [3.63, 3.8) is 0 Å². The summed E-state index contributed by atoms with van der Waals surface area (Å²) < 4.78 is 20.2. The minimum Gasteiger partial charge on any atom is -0.478 e. The van der Waals surface area contributed by atoms with Gasteiger partial charge in [0.2, 0.25) is 54.5 Å². The average Bonchev–Trinajstić information content (AvgIpc) is 1.68. The predicted molar refractivity (Wildman–Crippen MR) is 507 cm³/mol. The molecule has 23 rings (SSSR count). The summed E-state index contributed by atoms with van der Waals surface area (Å²) in [7, 11) is 0. The molecule has 39 nitrogen and oxygen atoms in total. The van der Waals surface area contributed by atoms with E-state index in [0.29, 0.717) is 113 Å². The van der Waals surface area contributed by atoms with Crippen LogP contribution in [0.5, 0.6) is 0 Å². The van der Waals surface area contributed by atoms with Gasteiger partial charge in [0.25, 0.3) is 23.0 Å². The van der Waals surface area contributed by atoms with Crippen molar-refractivity contribution in [1.82, 2.24) is 95.6 Å². The summed E-state index contributed by atoms with van der Waals surface area (Å²) in [5, 5.41) is 63.0. The van der Waals surface area contributed by atoms with Gasteiger partial charge in [0.15, 0.2) is 52.2 Å². The van der Waals surface area contributed by atoms with Crippen LogP contribution in [-0.4, -0.2) is 172 Å². The monoisotopic (exact) mass is 1910 g/mol. The number of amidine groups is 1. The fourth-order valence-corrected chi connectivity index (χ4v) is 17.6. The third-order valence-corrected chi connectivity index (χ3v) is 24.5. The summed E-state index contributed by atoms with van der Waals surface area (Å²) in [4.78, 5) is 90.8. The van der Waals surface area contributed by atoms with Gasteiger partial charge in [-0.1, -0.05) is 179 Å². The highest BCUT2D eigenvalue weighted by Gasteiger charge is 2.32. The Morgan fingerprint density at radius 2 is 0.703 bits per heavy atom. The Kier molecular flexibility index (Phi) is 28.7. The number of Topliss-reactive ketones (excluding diaryl/α,β-unsaturated/α-hetero) is 1. The van der Waals surface area contributed by atoms with E-state index in [1.165, 1.54) is 102 Å². The van der Waals surface area contributed by atoms with Crippen molar-refractivity contribution in [3.8, 4) is 33.8 Å². The molecule has 11 heterocycles. The lowest BCUT2D eigenvalue weighted by Crippen LogP contribution is -2.45. The van der Waals surface area contributed by atoms with Crippen LogP contribution in [0.25, 0.3) is 38.6 Å². The minimum atomic E-state index is -0.999. The average molecular weight is 1910 g/mol. The first-order chi connectivity index (χ1) is 67.5. The largest absolute Gasteiger partial charge is 0.478 e. The number of anilines is 6. The number of carbonyl (C=O) groups excluding carboxylic acids is 2. The van der Waals surface area contributed by atoms with Crippen molar-refractivity contribution in [2.75, 3.05) is 38.4 Å². The maximum Gasteiger partial charge on any atom is 0.350 e. The molecule has 40 heteroatoms. The number of hydrogen-bond acceptors (Lipinski definition) is 31. The number of fused-ring (bicyclic) bond motifs is 7. The topological polar surface area (TPSA) is 496 Å². The molecule has 1 aliphatic heterocycles. The number of amides is 1. The number of aliphatic carboxylic acids is 1. The zero-order chi connectivity index (χ0) is 94.6. The van der Waals surface area contributed by atoms with E-state index in [0.717, 1.165) is 109 Å². The normalized spacial score (nSPS) is 14.4. The number of carbonyl (C=O) groups is 3. The number of H-pyrrole nitrogens is 1. The Labute approximate surface area is 798 Å². The number of nitrogens with one attached hydrogen (secondary N) is 7. The zero-order valence-corrected chi connectivity index (χ0v) is 76.4. The van der Waals surface area contributed by atoms with E-state index in [9.17, 15) is 14.4 Å². The number of aromatic amines is 1. The molecule has 0 saturated carbocycles. The van der Waals surface area contributed by atoms with Gasteiger partial charge in [-0.3, -0.25) is 9.59 Å². The van der Waals surface area contributed by atoms with Crippen LogP contribution >= 0.6 is 15.9 Å². The molecule has 11 N–H and O–H groups in total. The molecule has 1 amide bonds. The maximum atomic E-state index is 12.7. The zero-order valence-electron chi connectivity index (χ0n) is 74.8. The highest BCUT2D eigenvalue weighted by Crippen LogP contribution is 2.32.